The number of piperidine rings is 2. The van der Waals surface area contributed by atoms with Gasteiger partial charge in [0.1, 0.15) is 0 Å². The third-order valence-corrected chi connectivity index (χ3v) is 6.78. The minimum atomic E-state index is -0.839. The van der Waals surface area contributed by atoms with E-state index >= 15 is 0 Å². The van der Waals surface area contributed by atoms with E-state index in [9.17, 15) is 24.3 Å². The average Bonchev–Trinajstić information content (AvgIpc) is 3.20. The van der Waals surface area contributed by atoms with Crippen LogP contribution in [-0.2, 0) is 19.2 Å². The second-order valence-electron chi connectivity index (χ2n) is 8.80. The lowest BCUT2D eigenvalue weighted by atomic mass is 9.91. The van der Waals surface area contributed by atoms with Gasteiger partial charge in [0.25, 0.3) is 0 Å². The topological polar surface area (TPSA) is 98.2 Å². The van der Waals surface area contributed by atoms with Gasteiger partial charge in [-0.2, -0.15) is 0 Å². The number of anilines is 1. The highest BCUT2D eigenvalue weighted by Gasteiger charge is 2.39. The monoisotopic (exact) mass is 427 g/mol. The number of carboxylic acids is 1. The fraction of sp³-hybridized carbons (Fsp3) is 0.565. The summed E-state index contributed by atoms with van der Waals surface area (Å²) in [5.41, 5.74) is 0.813. The first-order valence-corrected chi connectivity index (χ1v) is 11.1. The SMILES string of the molecule is O=C(O)[C@@H]1CCCN(C(=O)C2CCN(C(=O)[C@@H]3CC(=O)N(c4ccccc4)C3)CC2)C1. The maximum absolute atomic E-state index is 13.0. The van der Waals surface area contributed by atoms with E-state index < -0.39 is 11.9 Å². The molecular weight excluding hydrogens is 398 g/mol. The van der Waals surface area contributed by atoms with E-state index in [1.54, 1.807) is 14.7 Å². The van der Waals surface area contributed by atoms with Gasteiger partial charge in [0.05, 0.1) is 11.8 Å². The molecule has 166 valence electrons. The summed E-state index contributed by atoms with van der Waals surface area (Å²) in [6, 6.07) is 9.39. The van der Waals surface area contributed by atoms with E-state index in [2.05, 4.69) is 0 Å². The van der Waals surface area contributed by atoms with Crippen LogP contribution in [0.15, 0.2) is 30.3 Å². The lowest BCUT2D eigenvalue weighted by molar-refractivity contribution is -0.148. The van der Waals surface area contributed by atoms with Gasteiger partial charge in [-0.1, -0.05) is 18.2 Å². The smallest absolute Gasteiger partial charge is 0.308 e. The second-order valence-corrected chi connectivity index (χ2v) is 8.80. The number of likely N-dealkylation sites (tertiary alicyclic amines) is 2. The standard InChI is InChI=1S/C23H29N3O5/c27-20-13-18(15-26(20)19-6-2-1-3-7-19)22(29)24-11-8-16(9-12-24)21(28)25-10-4-5-17(14-25)23(30)31/h1-3,6-7,16-18H,4-5,8-15H2,(H,30,31)/t17-,18-/m1/s1. The zero-order valence-electron chi connectivity index (χ0n) is 17.6. The zero-order valence-corrected chi connectivity index (χ0v) is 17.6. The largest absolute Gasteiger partial charge is 0.481 e. The number of carbonyl (C=O) groups is 4. The van der Waals surface area contributed by atoms with Crippen molar-refractivity contribution >= 4 is 29.4 Å². The number of benzene rings is 1. The molecule has 8 heteroatoms. The van der Waals surface area contributed by atoms with Crippen molar-refractivity contribution < 1.29 is 24.3 Å². The molecule has 0 bridgehead atoms. The maximum atomic E-state index is 13.0. The Morgan fingerprint density at radius 3 is 2.16 bits per heavy atom. The van der Waals surface area contributed by atoms with Crippen LogP contribution in [-0.4, -0.2) is 71.3 Å². The molecule has 1 N–H and O–H groups in total. The molecule has 1 aromatic rings. The summed E-state index contributed by atoms with van der Waals surface area (Å²) in [4.78, 5) is 54.7. The Hall–Kier alpha value is -2.90. The number of carboxylic acid groups (broad SMARTS) is 1. The quantitative estimate of drug-likeness (QED) is 0.787. The van der Waals surface area contributed by atoms with Gasteiger partial charge in [-0.15, -0.1) is 0 Å². The van der Waals surface area contributed by atoms with Crippen LogP contribution in [0.1, 0.15) is 32.1 Å². The van der Waals surface area contributed by atoms with Crippen LogP contribution >= 0.6 is 0 Å². The Morgan fingerprint density at radius 2 is 1.48 bits per heavy atom. The van der Waals surface area contributed by atoms with Crippen molar-refractivity contribution in [2.45, 2.75) is 32.1 Å². The highest BCUT2D eigenvalue weighted by molar-refractivity contribution is 6.00. The van der Waals surface area contributed by atoms with Crippen LogP contribution in [0.3, 0.4) is 0 Å². The molecule has 31 heavy (non-hydrogen) atoms. The molecule has 2 atom stereocenters. The fourth-order valence-electron chi connectivity index (χ4n) is 4.97. The number of amides is 3. The summed E-state index contributed by atoms with van der Waals surface area (Å²) >= 11 is 0. The van der Waals surface area contributed by atoms with Crippen LogP contribution in [0, 0.1) is 17.8 Å². The Kier molecular flexibility index (Phi) is 6.25. The first-order chi connectivity index (χ1) is 14.9. The molecule has 3 aliphatic heterocycles. The summed E-state index contributed by atoms with van der Waals surface area (Å²) in [5.74, 6) is -1.86. The third-order valence-electron chi connectivity index (χ3n) is 6.78. The summed E-state index contributed by atoms with van der Waals surface area (Å²) in [5, 5.41) is 9.25. The lowest BCUT2D eigenvalue weighted by Crippen LogP contribution is -2.49. The summed E-state index contributed by atoms with van der Waals surface area (Å²) in [7, 11) is 0. The Labute approximate surface area is 181 Å². The molecule has 0 unspecified atom stereocenters. The van der Waals surface area contributed by atoms with Gasteiger partial charge in [-0.05, 0) is 37.8 Å². The molecular formula is C23H29N3O5. The summed E-state index contributed by atoms with van der Waals surface area (Å²) < 4.78 is 0. The average molecular weight is 428 g/mol. The molecule has 3 heterocycles. The Morgan fingerprint density at radius 1 is 0.806 bits per heavy atom. The van der Waals surface area contributed by atoms with Crippen molar-refractivity contribution in [1.29, 1.82) is 0 Å². The minimum absolute atomic E-state index is 0.0124. The van der Waals surface area contributed by atoms with Crippen molar-refractivity contribution in [3.05, 3.63) is 30.3 Å². The molecule has 0 radical (unpaired) electrons. The van der Waals surface area contributed by atoms with Crippen LogP contribution in [0.5, 0.6) is 0 Å². The predicted octanol–water partition coefficient (Wildman–Crippen LogP) is 1.60. The molecule has 0 saturated carbocycles. The molecule has 0 aliphatic carbocycles. The normalized spacial score (nSPS) is 25.0. The molecule has 0 aromatic heterocycles. The van der Waals surface area contributed by atoms with E-state index in [1.807, 2.05) is 30.3 Å². The van der Waals surface area contributed by atoms with Gasteiger partial charge in [0.2, 0.25) is 17.7 Å². The summed E-state index contributed by atoms with van der Waals surface area (Å²) in [6.07, 6.45) is 2.72. The number of hydrogen-bond donors (Lipinski definition) is 1. The Bertz CT molecular complexity index is 850. The van der Waals surface area contributed by atoms with Gasteiger partial charge in [-0.3, -0.25) is 19.2 Å². The number of carbonyl (C=O) groups excluding carboxylic acids is 3. The van der Waals surface area contributed by atoms with Crippen LogP contribution in [0.25, 0.3) is 0 Å². The van der Waals surface area contributed by atoms with Crippen molar-refractivity contribution in [3.63, 3.8) is 0 Å². The van der Waals surface area contributed by atoms with E-state index in [-0.39, 0.29) is 42.5 Å². The van der Waals surface area contributed by atoms with Crippen molar-refractivity contribution in [2.24, 2.45) is 17.8 Å². The van der Waals surface area contributed by atoms with Crippen LogP contribution in [0.2, 0.25) is 0 Å². The molecule has 1 aromatic carbocycles. The fourth-order valence-corrected chi connectivity index (χ4v) is 4.97. The number of hydrogen-bond acceptors (Lipinski definition) is 4. The van der Waals surface area contributed by atoms with E-state index in [1.165, 1.54) is 0 Å². The van der Waals surface area contributed by atoms with Gasteiger partial charge in [0, 0.05) is 50.7 Å². The van der Waals surface area contributed by atoms with E-state index in [0.29, 0.717) is 51.9 Å². The van der Waals surface area contributed by atoms with Gasteiger partial charge >= 0.3 is 5.97 Å². The predicted molar refractivity (Wildman–Crippen MR) is 113 cm³/mol. The van der Waals surface area contributed by atoms with E-state index in [4.69, 9.17) is 0 Å². The van der Waals surface area contributed by atoms with Crippen molar-refractivity contribution in [2.75, 3.05) is 37.6 Å². The van der Waals surface area contributed by atoms with Crippen LogP contribution < -0.4 is 4.90 Å². The Balaban J connectivity index is 1.30. The number of rotatable bonds is 4. The van der Waals surface area contributed by atoms with Crippen LogP contribution in [0.4, 0.5) is 5.69 Å². The second kappa shape index (κ2) is 9.08. The minimum Gasteiger partial charge on any atom is -0.481 e. The zero-order chi connectivity index (χ0) is 22.0. The summed E-state index contributed by atoms with van der Waals surface area (Å²) in [6.45, 7) is 2.29. The molecule has 3 amide bonds. The van der Waals surface area contributed by atoms with E-state index in [0.717, 1.165) is 5.69 Å². The molecule has 4 rings (SSSR count). The molecule has 8 nitrogen and oxygen atoms in total. The number of aliphatic carboxylic acids is 1. The number of para-hydroxylation sites is 1. The molecule has 3 aliphatic rings. The third kappa shape index (κ3) is 4.57. The highest BCUT2D eigenvalue weighted by atomic mass is 16.4. The first kappa shape index (κ1) is 21.3. The van der Waals surface area contributed by atoms with Gasteiger partial charge < -0.3 is 19.8 Å². The number of nitrogens with zero attached hydrogens (tertiary/aromatic N) is 3. The van der Waals surface area contributed by atoms with Gasteiger partial charge in [-0.25, -0.2) is 0 Å². The molecule has 3 fully saturated rings. The van der Waals surface area contributed by atoms with Gasteiger partial charge in [0.15, 0.2) is 0 Å². The van der Waals surface area contributed by atoms with Crippen molar-refractivity contribution in [1.82, 2.24) is 9.80 Å². The first-order valence-electron chi connectivity index (χ1n) is 11.1. The molecule has 0 spiro atoms. The lowest BCUT2D eigenvalue weighted by Gasteiger charge is -2.37. The molecule has 3 saturated heterocycles. The maximum Gasteiger partial charge on any atom is 0.308 e. The van der Waals surface area contributed by atoms with Crippen molar-refractivity contribution in [3.8, 4) is 0 Å². The highest BCUT2D eigenvalue weighted by Crippen LogP contribution is 2.29.